The summed E-state index contributed by atoms with van der Waals surface area (Å²) in [5, 5.41) is 0. The smallest absolute Gasteiger partial charge is 0.0314 e. The zero-order chi connectivity index (χ0) is 20.5. The van der Waals surface area contributed by atoms with Gasteiger partial charge in [-0.15, -0.1) is 0 Å². The molecular weight excluding hydrogens is 352 g/mol. The highest BCUT2D eigenvalue weighted by atomic mass is 14.5. The third-order valence-corrected chi connectivity index (χ3v) is 5.85. The average Bonchev–Trinajstić information content (AvgIpc) is 2.72. The van der Waals surface area contributed by atoms with Gasteiger partial charge in [-0.2, -0.15) is 0 Å². The molecule has 0 saturated carbocycles. The monoisotopic (exact) mass is 386 g/mol. The first-order chi connectivity index (χ1) is 14.1. The van der Waals surface area contributed by atoms with Crippen molar-refractivity contribution in [3.63, 3.8) is 0 Å². The molecule has 0 heterocycles. The Bertz CT molecular complexity index is 804. The van der Waals surface area contributed by atoms with Crippen LogP contribution in [0.25, 0.3) is 0 Å². The fraction of sp³-hybridized carbons (Fsp3) is 0.333. The molecule has 0 aliphatic carbocycles. The highest BCUT2D eigenvalue weighted by molar-refractivity contribution is 5.41. The third-order valence-electron chi connectivity index (χ3n) is 5.85. The molecule has 0 amide bonds. The summed E-state index contributed by atoms with van der Waals surface area (Å²) in [4.78, 5) is 0. The summed E-state index contributed by atoms with van der Waals surface area (Å²) in [6.07, 6.45) is 8.17. The number of nitrogens with two attached hydrogens (primary N) is 2. The Hall–Kier alpha value is -2.74. The quantitative estimate of drug-likeness (QED) is 0.311. The minimum Gasteiger partial charge on any atom is -0.399 e. The summed E-state index contributed by atoms with van der Waals surface area (Å²) in [6, 6.07) is 27.8. The molecule has 0 saturated heterocycles. The van der Waals surface area contributed by atoms with Gasteiger partial charge in [-0.3, -0.25) is 0 Å². The first kappa shape index (κ1) is 21.0. The standard InChI is InChI=1S/C27H34N2/c1-2-3-7-18-27(19-22-8-5-4-6-9-22,20-23-10-14-25(28)15-11-23)21-24-12-16-26(29)17-13-24/h4-6,8-17H,2-3,7,18-21,28-29H2,1H3. The molecule has 2 nitrogen and oxygen atoms in total. The minimum atomic E-state index is 0.169. The summed E-state index contributed by atoms with van der Waals surface area (Å²) in [5.41, 5.74) is 17.8. The Balaban J connectivity index is 1.95. The topological polar surface area (TPSA) is 52.0 Å². The minimum absolute atomic E-state index is 0.169. The SMILES string of the molecule is CCCCCC(Cc1ccccc1)(Cc1ccc(N)cc1)Cc1ccc(N)cc1. The van der Waals surface area contributed by atoms with Gasteiger partial charge in [0.2, 0.25) is 0 Å². The number of rotatable bonds is 10. The van der Waals surface area contributed by atoms with Crippen molar-refractivity contribution in [3.8, 4) is 0 Å². The van der Waals surface area contributed by atoms with Crippen LogP contribution in [0.5, 0.6) is 0 Å². The van der Waals surface area contributed by atoms with E-state index in [9.17, 15) is 0 Å². The van der Waals surface area contributed by atoms with E-state index in [4.69, 9.17) is 11.5 Å². The van der Waals surface area contributed by atoms with Gasteiger partial charge in [-0.1, -0.05) is 80.8 Å². The molecule has 0 radical (unpaired) electrons. The Morgan fingerprint density at radius 2 is 1.03 bits per heavy atom. The molecule has 0 fully saturated rings. The van der Waals surface area contributed by atoms with Crippen molar-refractivity contribution in [1.29, 1.82) is 0 Å². The second kappa shape index (κ2) is 10.2. The predicted molar refractivity (Wildman–Crippen MR) is 126 cm³/mol. The van der Waals surface area contributed by atoms with Crippen LogP contribution >= 0.6 is 0 Å². The molecular formula is C27H34N2. The van der Waals surface area contributed by atoms with E-state index in [2.05, 4.69) is 61.5 Å². The van der Waals surface area contributed by atoms with Crippen LogP contribution in [0.2, 0.25) is 0 Å². The molecule has 2 heteroatoms. The van der Waals surface area contributed by atoms with Gasteiger partial charge in [0.15, 0.2) is 0 Å². The van der Waals surface area contributed by atoms with Crippen LogP contribution in [0.15, 0.2) is 78.9 Å². The van der Waals surface area contributed by atoms with Crippen LogP contribution in [-0.4, -0.2) is 0 Å². The van der Waals surface area contributed by atoms with E-state index in [0.717, 1.165) is 30.6 Å². The fourth-order valence-electron chi connectivity index (χ4n) is 4.37. The van der Waals surface area contributed by atoms with E-state index in [1.807, 2.05) is 24.3 Å². The maximum absolute atomic E-state index is 5.94. The fourth-order valence-corrected chi connectivity index (χ4v) is 4.37. The molecule has 3 aromatic carbocycles. The van der Waals surface area contributed by atoms with Gasteiger partial charge in [-0.25, -0.2) is 0 Å². The van der Waals surface area contributed by atoms with Gasteiger partial charge in [0.05, 0.1) is 0 Å². The first-order valence-electron chi connectivity index (χ1n) is 10.8. The van der Waals surface area contributed by atoms with Gasteiger partial charge in [-0.05, 0) is 72.1 Å². The van der Waals surface area contributed by atoms with Crippen LogP contribution in [0.3, 0.4) is 0 Å². The number of benzene rings is 3. The lowest BCUT2D eigenvalue weighted by molar-refractivity contribution is 0.244. The number of hydrogen-bond acceptors (Lipinski definition) is 2. The van der Waals surface area contributed by atoms with Crippen molar-refractivity contribution in [2.24, 2.45) is 5.41 Å². The Kier molecular flexibility index (Phi) is 7.35. The molecule has 0 aromatic heterocycles. The van der Waals surface area contributed by atoms with E-state index in [1.54, 1.807) is 0 Å². The van der Waals surface area contributed by atoms with Crippen molar-refractivity contribution in [1.82, 2.24) is 0 Å². The molecule has 0 atom stereocenters. The Morgan fingerprint density at radius 1 is 0.586 bits per heavy atom. The summed E-state index contributed by atoms with van der Waals surface area (Å²) in [7, 11) is 0. The normalized spacial score (nSPS) is 11.5. The zero-order valence-corrected chi connectivity index (χ0v) is 17.6. The molecule has 29 heavy (non-hydrogen) atoms. The first-order valence-corrected chi connectivity index (χ1v) is 10.8. The van der Waals surface area contributed by atoms with Crippen LogP contribution in [0.1, 0.15) is 49.3 Å². The van der Waals surface area contributed by atoms with Gasteiger partial charge < -0.3 is 11.5 Å². The average molecular weight is 387 g/mol. The summed E-state index contributed by atoms with van der Waals surface area (Å²) in [6.45, 7) is 2.28. The van der Waals surface area contributed by atoms with Crippen LogP contribution in [-0.2, 0) is 19.3 Å². The number of anilines is 2. The third kappa shape index (κ3) is 6.39. The molecule has 3 rings (SSSR count). The molecule has 152 valence electrons. The van der Waals surface area contributed by atoms with E-state index in [0.29, 0.717) is 0 Å². The van der Waals surface area contributed by atoms with Gasteiger partial charge in [0.25, 0.3) is 0 Å². The van der Waals surface area contributed by atoms with Gasteiger partial charge >= 0.3 is 0 Å². The molecule has 3 aromatic rings. The maximum Gasteiger partial charge on any atom is 0.0314 e. The lowest BCUT2D eigenvalue weighted by Gasteiger charge is -2.35. The van der Waals surface area contributed by atoms with Gasteiger partial charge in [0, 0.05) is 11.4 Å². The van der Waals surface area contributed by atoms with Crippen molar-refractivity contribution < 1.29 is 0 Å². The number of unbranched alkanes of at least 4 members (excludes halogenated alkanes) is 2. The van der Waals surface area contributed by atoms with E-state index < -0.39 is 0 Å². The highest BCUT2D eigenvalue weighted by Crippen LogP contribution is 2.38. The Labute approximate surface area is 176 Å². The summed E-state index contributed by atoms with van der Waals surface area (Å²) in [5.74, 6) is 0. The molecule has 4 N–H and O–H groups in total. The number of nitrogen functional groups attached to an aromatic ring is 2. The largest absolute Gasteiger partial charge is 0.399 e. The van der Waals surface area contributed by atoms with E-state index >= 15 is 0 Å². The Morgan fingerprint density at radius 3 is 1.48 bits per heavy atom. The van der Waals surface area contributed by atoms with Crippen LogP contribution < -0.4 is 11.5 Å². The van der Waals surface area contributed by atoms with Crippen molar-refractivity contribution in [2.45, 2.75) is 51.9 Å². The lowest BCUT2D eigenvalue weighted by Crippen LogP contribution is -2.30. The molecule has 0 bridgehead atoms. The molecule has 0 spiro atoms. The predicted octanol–water partition coefficient (Wildman–Crippen LogP) is 6.45. The van der Waals surface area contributed by atoms with Crippen molar-refractivity contribution >= 4 is 11.4 Å². The van der Waals surface area contributed by atoms with Crippen LogP contribution in [0.4, 0.5) is 11.4 Å². The highest BCUT2D eigenvalue weighted by Gasteiger charge is 2.30. The van der Waals surface area contributed by atoms with Crippen LogP contribution in [0, 0.1) is 5.41 Å². The summed E-state index contributed by atoms with van der Waals surface area (Å²) < 4.78 is 0. The second-order valence-electron chi connectivity index (χ2n) is 8.46. The van der Waals surface area contributed by atoms with E-state index in [-0.39, 0.29) is 5.41 Å². The van der Waals surface area contributed by atoms with Gasteiger partial charge in [0.1, 0.15) is 0 Å². The molecule has 0 aliphatic heterocycles. The van der Waals surface area contributed by atoms with E-state index in [1.165, 1.54) is 42.4 Å². The zero-order valence-electron chi connectivity index (χ0n) is 17.6. The maximum atomic E-state index is 5.94. The second-order valence-corrected chi connectivity index (χ2v) is 8.46. The van der Waals surface area contributed by atoms with Crippen molar-refractivity contribution in [2.75, 3.05) is 11.5 Å². The summed E-state index contributed by atoms with van der Waals surface area (Å²) >= 11 is 0. The number of hydrogen-bond donors (Lipinski definition) is 2. The molecule has 0 aliphatic rings. The van der Waals surface area contributed by atoms with Crippen molar-refractivity contribution in [3.05, 3.63) is 95.6 Å². The molecule has 0 unspecified atom stereocenters. The lowest BCUT2D eigenvalue weighted by atomic mass is 9.69.